The largest absolute Gasteiger partial charge is 0.312 e. The van der Waals surface area contributed by atoms with Crippen LogP contribution in [0.25, 0.3) is 0 Å². The zero-order valence-corrected chi connectivity index (χ0v) is 14.4. The van der Waals surface area contributed by atoms with Crippen molar-refractivity contribution >= 4 is 21.4 Å². The maximum Gasteiger partial charge on any atom is 0.250 e. The Labute approximate surface area is 127 Å². The summed E-state index contributed by atoms with van der Waals surface area (Å²) in [5.41, 5.74) is 0. The van der Waals surface area contributed by atoms with E-state index in [1.54, 1.807) is 6.07 Å². The molecule has 0 aliphatic heterocycles. The molecule has 6 heteroatoms. The van der Waals surface area contributed by atoms with Gasteiger partial charge in [0.2, 0.25) is 10.0 Å². The molecule has 0 bridgehead atoms. The van der Waals surface area contributed by atoms with Crippen molar-refractivity contribution < 1.29 is 8.42 Å². The van der Waals surface area contributed by atoms with E-state index < -0.39 is 10.0 Å². The van der Waals surface area contributed by atoms with Crippen LogP contribution in [0.15, 0.2) is 16.3 Å². The number of rotatable bonds is 9. The van der Waals surface area contributed by atoms with Crippen molar-refractivity contribution in [3.05, 3.63) is 17.0 Å². The van der Waals surface area contributed by atoms with Crippen molar-refractivity contribution in [1.29, 1.82) is 0 Å². The normalized spacial score (nSPS) is 13.8. The molecule has 0 saturated heterocycles. The molecule has 0 saturated carbocycles. The third-order valence-electron chi connectivity index (χ3n) is 3.18. The molecule has 1 aromatic heterocycles. The first-order valence-electron chi connectivity index (χ1n) is 7.22. The van der Waals surface area contributed by atoms with E-state index in [1.807, 2.05) is 26.8 Å². The molecular formula is C14H26N2O2S2. The van der Waals surface area contributed by atoms with Gasteiger partial charge in [0, 0.05) is 17.5 Å². The minimum Gasteiger partial charge on any atom is -0.312 e. The van der Waals surface area contributed by atoms with Gasteiger partial charge in [-0.1, -0.05) is 27.7 Å². The lowest BCUT2D eigenvalue weighted by atomic mass is 10.0. The number of hydrogen-bond donors (Lipinski definition) is 2. The smallest absolute Gasteiger partial charge is 0.250 e. The van der Waals surface area contributed by atoms with E-state index in [4.69, 9.17) is 0 Å². The summed E-state index contributed by atoms with van der Waals surface area (Å²) in [7, 11) is -3.39. The Morgan fingerprint density at radius 1 is 1.25 bits per heavy atom. The molecule has 0 spiro atoms. The average molecular weight is 319 g/mol. The fourth-order valence-electron chi connectivity index (χ4n) is 1.93. The zero-order valence-electron chi connectivity index (χ0n) is 12.8. The first kappa shape index (κ1) is 17.6. The number of thiophene rings is 1. The quantitative estimate of drug-likeness (QED) is 0.688. The van der Waals surface area contributed by atoms with Gasteiger partial charge in [-0.2, -0.15) is 0 Å². The molecule has 116 valence electrons. The molecule has 0 amide bonds. The fraction of sp³-hybridized carbons (Fsp3) is 0.714. The van der Waals surface area contributed by atoms with Gasteiger partial charge >= 0.3 is 0 Å². The number of sulfonamides is 1. The van der Waals surface area contributed by atoms with Crippen LogP contribution in [0.1, 0.15) is 45.4 Å². The fourth-order valence-corrected chi connectivity index (χ4v) is 4.74. The van der Waals surface area contributed by atoms with Gasteiger partial charge in [-0.15, -0.1) is 11.3 Å². The topological polar surface area (TPSA) is 58.2 Å². The summed E-state index contributed by atoms with van der Waals surface area (Å²) < 4.78 is 27.9. The highest BCUT2D eigenvalue weighted by Gasteiger charge is 2.22. The molecule has 20 heavy (non-hydrogen) atoms. The Morgan fingerprint density at radius 3 is 2.50 bits per heavy atom. The van der Waals surface area contributed by atoms with Crippen LogP contribution in [-0.2, 0) is 16.6 Å². The molecule has 1 heterocycles. The van der Waals surface area contributed by atoms with Gasteiger partial charge in [0.25, 0.3) is 0 Å². The Balaban J connectivity index is 2.72. The Bertz CT molecular complexity index is 495. The summed E-state index contributed by atoms with van der Waals surface area (Å²) in [5.74, 6) is 0.292. The first-order valence-corrected chi connectivity index (χ1v) is 9.52. The second-order valence-electron chi connectivity index (χ2n) is 5.28. The molecule has 4 nitrogen and oxygen atoms in total. The molecule has 0 fully saturated rings. The van der Waals surface area contributed by atoms with Crippen molar-refractivity contribution in [2.24, 2.45) is 5.92 Å². The molecular weight excluding hydrogens is 292 g/mol. The third kappa shape index (κ3) is 5.16. The van der Waals surface area contributed by atoms with Crippen molar-refractivity contribution in [2.75, 3.05) is 6.54 Å². The van der Waals surface area contributed by atoms with E-state index >= 15 is 0 Å². The standard InChI is InChI=1S/C14H26N2O2S2/c1-5-9-15-10-12-7-8-14(19-12)20(17,18)16-13(6-2)11(3)4/h7-8,11,13,15-16H,5-6,9-10H2,1-4H3. The van der Waals surface area contributed by atoms with Gasteiger partial charge in [0.1, 0.15) is 4.21 Å². The molecule has 1 unspecified atom stereocenters. The number of nitrogens with one attached hydrogen (secondary N) is 2. The van der Waals surface area contributed by atoms with Crippen LogP contribution in [0, 0.1) is 5.92 Å². The molecule has 1 rings (SSSR count). The average Bonchev–Trinajstić information content (AvgIpc) is 2.85. The minimum atomic E-state index is -3.39. The second-order valence-corrected chi connectivity index (χ2v) is 8.39. The van der Waals surface area contributed by atoms with Crippen LogP contribution in [-0.4, -0.2) is 21.0 Å². The Morgan fingerprint density at radius 2 is 1.95 bits per heavy atom. The summed E-state index contributed by atoms with van der Waals surface area (Å²) in [5, 5.41) is 3.28. The molecule has 2 N–H and O–H groups in total. The van der Waals surface area contributed by atoms with Gasteiger partial charge in [-0.05, 0) is 37.4 Å². The summed E-state index contributed by atoms with van der Waals surface area (Å²) in [4.78, 5) is 1.05. The predicted molar refractivity (Wildman–Crippen MR) is 85.6 cm³/mol. The lowest BCUT2D eigenvalue weighted by Crippen LogP contribution is -2.37. The molecule has 1 atom stereocenters. The van der Waals surface area contributed by atoms with Gasteiger partial charge in [0.05, 0.1) is 0 Å². The van der Waals surface area contributed by atoms with Gasteiger partial charge in [0.15, 0.2) is 0 Å². The van der Waals surface area contributed by atoms with Crippen molar-refractivity contribution in [3.63, 3.8) is 0 Å². The minimum absolute atomic E-state index is 0.0104. The molecule has 0 aromatic carbocycles. The van der Waals surface area contributed by atoms with E-state index in [0.29, 0.717) is 10.1 Å². The van der Waals surface area contributed by atoms with Crippen molar-refractivity contribution in [2.45, 2.75) is 57.3 Å². The van der Waals surface area contributed by atoms with E-state index in [1.165, 1.54) is 11.3 Å². The van der Waals surface area contributed by atoms with Gasteiger partial charge in [-0.25, -0.2) is 13.1 Å². The Hall–Kier alpha value is -0.430. The van der Waals surface area contributed by atoms with Crippen molar-refractivity contribution in [1.82, 2.24) is 10.0 Å². The lowest BCUT2D eigenvalue weighted by molar-refractivity contribution is 0.438. The zero-order chi connectivity index (χ0) is 15.2. The van der Waals surface area contributed by atoms with E-state index in [0.717, 1.165) is 30.8 Å². The van der Waals surface area contributed by atoms with E-state index in [-0.39, 0.29) is 6.04 Å². The van der Waals surface area contributed by atoms with Crippen LogP contribution in [0.3, 0.4) is 0 Å². The Kier molecular flexibility index (Phi) is 7.15. The summed E-state index contributed by atoms with van der Waals surface area (Å²) in [6.45, 7) is 9.86. The van der Waals surface area contributed by atoms with Crippen LogP contribution >= 0.6 is 11.3 Å². The van der Waals surface area contributed by atoms with E-state index in [2.05, 4.69) is 17.0 Å². The summed E-state index contributed by atoms with van der Waals surface area (Å²) in [6.07, 6.45) is 1.87. The molecule has 0 aliphatic carbocycles. The maximum atomic E-state index is 12.3. The second kappa shape index (κ2) is 8.12. The van der Waals surface area contributed by atoms with Crippen LogP contribution in [0.5, 0.6) is 0 Å². The highest BCUT2D eigenvalue weighted by molar-refractivity contribution is 7.91. The molecule has 0 aliphatic rings. The molecule has 0 radical (unpaired) electrons. The summed E-state index contributed by atoms with van der Waals surface area (Å²) in [6, 6.07) is 3.57. The SMILES string of the molecule is CCCNCc1ccc(S(=O)(=O)NC(CC)C(C)C)s1. The summed E-state index contributed by atoms with van der Waals surface area (Å²) >= 11 is 1.34. The van der Waals surface area contributed by atoms with Crippen molar-refractivity contribution in [3.8, 4) is 0 Å². The van der Waals surface area contributed by atoms with E-state index in [9.17, 15) is 8.42 Å². The highest BCUT2D eigenvalue weighted by Crippen LogP contribution is 2.22. The molecule has 1 aromatic rings. The van der Waals surface area contributed by atoms with Crippen LogP contribution in [0.2, 0.25) is 0 Å². The predicted octanol–water partition coefficient (Wildman–Crippen LogP) is 2.96. The third-order valence-corrected chi connectivity index (χ3v) is 6.25. The maximum absolute atomic E-state index is 12.3. The highest BCUT2D eigenvalue weighted by atomic mass is 32.2. The van der Waals surface area contributed by atoms with Gasteiger partial charge in [-0.3, -0.25) is 0 Å². The monoisotopic (exact) mass is 318 g/mol. The number of hydrogen-bond acceptors (Lipinski definition) is 4. The van der Waals surface area contributed by atoms with Crippen LogP contribution < -0.4 is 10.0 Å². The lowest BCUT2D eigenvalue weighted by Gasteiger charge is -2.19. The van der Waals surface area contributed by atoms with Gasteiger partial charge < -0.3 is 5.32 Å². The first-order chi connectivity index (χ1) is 9.40. The van der Waals surface area contributed by atoms with Crippen LogP contribution in [0.4, 0.5) is 0 Å².